The molecule has 2 aromatic heterocycles. The van der Waals surface area contributed by atoms with E-state index in [4.69, 9.17) is 0 Å². The molecule has 34 heavy (non-hydrogen) atoms. The number of carbonyl (C=O) groups is 2. The molecule has 178 valence electrons. The summed E-state index contributed by atoms with van der Waals surface area (Å²) in [5, 5.41) is 2.79. The Labute approximate surface area is 200 Å². The lowest BCUT2D eigenvalue weighted by molar-refractivity contribution is -0.116. The Balaban J connectivity index is 1.76. The first-order chi connectivity index (χ1) is 16.3. The van der Waals surface area contributed by atoms with Gasteiger partial charge in [-0.2, -0.15) is 0 Å². The van der Waals surface area contributed by atoms with Crippen LogP contribution in [0, 0.1) is 6.92 Å². The van der Waals surface area contributed by atoms with Gasteiger partial charge in [0.15, 0.2) is 0 Å². The molecule has 1 saturated heterocycles. The van der Waals surface area contributed by atoms with Crippen LogP contribution >= 0.6 is 11.8 Å². The normalized spacial score (nSPS) is 13.8. The van der Waals surface area contributed by atoms with Crippen LogP contribution < -0.4 is 16.6 Å². The maximum atomic E-state index is 13.5. The predicted octanol–water partition coefficient (Wildman–Crippen LogP) is 2.39. The second-order valence-corrected chi connectivity index (χ2v) is 9.26. The molecule has 3 heterocycles. The van der Waals surface area contributed by atoms with Crippen molar-refractivity contribution in [3.05, 3.63) is 62.4 Å². The molecular weight excluding hydrogens is 454 g/mol. The van der Waals surface area contributed by atoms with Gasteiger partial charge in [0.2, 0.25) is 5.91 Å². The number of rotatable bonds is 5. The minimum absolute atomic E-state index is 0.0560. The Hall–Kier alpha value is -3.40. The smallest absolute Gasteiger partial charge is 0.332 e. The van der Waals surface area contributed by atoms with Gasteiger partial charge < -0.3 is 10.2 Å². The highest BCUT2D eigenvalue weighted by molar-refractivity contribution is 7.98. The number of fused-ring (bicyclic) bond motifs is 1. The van der Waals surface area contributed by atoms with E-state index in [0.29, 0.717) is 24.5 Å². The lowest BCUT2D eigenvalue weighted by atomic mass is 10.1. The lowest BCUT2D eigenvalue weighted by Crippen LogP contribution is -2.43. The number of anilines is 1. The third-order valence-corrected chi connectivity index (χ3v) is 6.68. The zero-order valence-corrected chi connectivity index (χ0v) is 20.3. The first-order valence-corrected chi connectivity index (χ1v) is 12.4. The molecule has 1 aliphatic rings. The number of hydrogen-bond donors (Lipinski definition) is 1. The van der Waals surface area contributed by atoms with Crippen molar-refractivity contribution in [2.75, 3.05) is 24.7 Å². The average Bonchev–Trinajstić information content (AvgIpc) is 2.85. The number of carbonyl (C=O) groups excluding carboxylic acids is 2. The van der Waals surface area contributed by atoms with Crippen LogP contribution in [0.15, 0.2) is 44.8 Å². The Morgan fingerprint density at radius 2 is 1.85 bits per heavy atom. The largest absolute Gasteiger partial charge is 0.339 e. The fourth-order valence-electron chi connectivity index (χ4n) is 4.22. The monoisotopic (exact) mass is 481 g/mol. The summed E-state index contributed by atoms with van der Waals surface area (Å²) in [7, 11) is 1.49. The summed E-state index contributed by atoms with van der Waals surface area (Å²) in [6.45, 7) is 2.49. The predicted molar refractivity (Wildman–Crippen MR) is 133 cm³/mol. The van der Waals surface area contributed by atoms with E-state index in [1.165, 1.54) is 23.4 Å². The van der Waals surface area contributed by atoms with Crippen molar-refractivity contribution in [1.29, 1.82) is 0 Å². The van der Waals surface area contributed by atoms with Gasteiger partial charge in [0.1, 0.15) is 12.2 Å². The van der Waals surface area contributed by atoms with E-state index >= 15 is 0 Å². The van der Waals surface area contributed by atoms with Crippen LogP contribution in [0.2, 0.25) is 0 Å². The maximum absolute atomic E-state index is 13.5. The van der Waals surface area contributed by atoms with E-state index in [2.05, 4.69) is 10.3 Å². The number of aromatic nitrogens is 3. The molecule has 0 saturated carbocycles. The Morgan fingerprint density at radius 1 is 1.12 bits per heavy atom. The summed E-state index contributed by atoms with van der Waals surface area (Å²) >= 11 is 1.54. The summed E-state index contributed by atoms with van der Waals surface area (Å²) in [5.41, 5.74) is 0.0951. The van der Waals surface area contributed by atoms with E-state index in [0.717, 1.165) is 28.7 Å². The summed E-state index contributed by atoms with van der Waals surface area (Å²) in [6, 6.07) is 8.87. The highest BCUT2D eigenvalue weighted by atomic mass is 32.2. The second kappa shape index (κ2) is 9.84. The van der Waals surface area contributed by atoms with Gasteiger partial charge in [0, 0.05) is 36.4 Å². The van der Waals surface area contributed by atoms with Crippen molar-refractivity contribution in [2.24, 2.45) is 7.05 Å². The standard InChI is InChI=1S/C24H27N5O4S/c1-15-12-18(22(31)28-10-5-4-6-11-28)20-21(25-15)27(2)24(33)29(23(20)32)14-19(30)26-16-8-7-9-17(13-16)34-3/h7-9,12-13H,4-6,10-11,14H2,1-3H3,(H,26,30). The van der Waals surface area contributed by atoms with Gasteiger partial charge >= 0.3 is 5.69 Å². The Bertz CT molecular complexity index is 1390. The molecular formula is C24H27N5O4S. The summed E-state index contributed by atoms with van der Waals surface area (Å²) in [6.07, 6.45) is 4.82. The van der Waals surface area contributed by atoms with Gasteiger partial charge in [-0.15, -0.1) is 11.8 Å². The quantitative estimate of drug-likeness (QED) is 0.561. The van der Waals surface area contributed by atoms with Crippen molar-refractivity contribution < 1.29 is 9.59 Å². The zero-order valence-electron chi connectivity index (χ0n) is 19.5. The van der Waals surface area contributed by atoms with E-state index in [1.807, 2.05) is 24.5 Å². The van der Waals surface area contributed by atoms with Gasteiger partial charge in [0.25, 0.3) is 11.5 Å². The molecule has 1 aromatic carbocycles. The minimum Gasteiger partial charge on any atom is -0.339 e. The molecule has 9 nitrogen and oxygen atoms in total. The molecule has 1 aliphatic heterocycles. The van der Waals surface area contributed by atoms with E-state index < -0.39 is 23.7 Å². The molecule has 0 radical (unpaired) electrons. The summed E-state index contributed by atoms with van der Waals surface area (Å²) in [4.78, 5) is 59.6. The van der Waals surface area contributed by atoms with E-state index in [1.54, 1.807) is 24.0 Å². The lowest BCUT2D eigenvalue weighted by Gasteiger charge is -2.27. The van der Waals surface area contributed by atoms with E-state index in [-0.39, 0.29) is 22.5 Å². The number of likely N-dealkylation sites (tertiary alicyclic amines) is 1. The molecule has 2 amide bonds. The molecule has 0 spiro atoms. The van der Waals surface area contributed by atoms with Crippen LogP contribution in [0.5, 0.6) is 0 Å². The number of aryl methyl sites for hydroxylation is 2. The van der Waals surface area contributed by atoms with Crippen molar-refractivity contribution in [3.8, 4) is 0 Å². The number of amides is 2. The van der Waals surface area contributed by atoms with Gasteiger partial charge in [-0.3, -0.25) is 23.5 Å². The number of nitrogens with one attached hydrogen (secondary N) is 1. The molecule has 1 N–H and O–H groups in total. The first kappa shape index (κ1) is 23.7. The molecule has 3 aromatic rings. The molecule has 10 heteroatoms. The average molecular weight is 482 g/mol. The van der Waals surface area contributed by atoms with Crippen LogP contribution in [0.25, 0.3) is 11.0 Å². The van der Waals surface area contributed by atoms with Crippen molar-refractivity contribution in [2.45, 2.75) is 37.6 Å². The van der Waals surface area contributed by atoms with Crippen molar-refractivity contribution >= 4 is 40.3 Å². The molecule has 0 atom stereocenters. The summed E-state index contributed by atoms with van der Waals surface area (Å²) in [5.74, 6) is -0.767. The van der Waals surface area contributed by atoms with Crippen molar-refractivity contribution in [1.82, 2.24) is 19.0 Å². The van der Waals surface area contributed by atoms with Crippen LogP contribution in [0.3, 0.4) is 0 Å². The SMILES string of the molecule is CSc1cccc(NC(=O)Cn2c(=O)c3c(C(=O)N4CCCCC4)cc(C)nc3n(C)c2=O)c1. The third-order valence-electron chi connectivity index (χ3n) is 5.95. The number of benzene rings is 1. The van der Waals surface area contributed by atoms with Gasteiger partial charge in [-0.25, -0.2) is 9.78 Å². The molecule has 0 unspecified atom stereocenters. The summed E-state index contributed by atoms with van der Waals surface area (Å²) < 4.78 is 2.08. The fourth-order valence-corrected chi connectivity index (χ4v) is 4.68. The molecule has 1 fully saturated rings. The zero-order chi connectivity index (χ0) is 24.4. The minimum atomic E-state index is -0.695. The second-order valence-electron chi connectivity index (χ2n) is 8.38. The van der Waals surface area contributed by atoms with Crippen LogP contribution in [-0.4, -0.2) is 50.2 Å². The Morgan fingerprint density at radius 3 is 2.56 bits per heavy atom. The van der Waals surface area contributed by atoms with Crippen LogP contribution in [-0.2, 0) is 18.4 Å². The number of piperidine rings is 1. The topological polar surface area (TPSA) is 106 Å². The van der Waals surface area contributed by atoms with Crippen molar-refractivity contribution in [3.63, 3.8) is 0 Å². The fraction of sp³-hybridized carbons (Fsp3) is 0.375. The molecule has 4 rings (SSSR count). The molecule has 0 bridgehead atoms. The van der Waals surface area contributed by atoms with E-state index in [9.17, 15) is 19.2 Å². The Kier molecular flexibility index (Phi) is 6.87. The maximum Gasteiger partial charge on any atom is 0.332 e. The molecule has 0 aliphatic carbocycles. The highest BCUT2D eigenvalue weighted by Gasteiger charge is 2.25. The number of thioether (sulfide) groups is 1. The number of pyridine rings is 1. The highest BCUT2D eigenvalue weighted by Crippen LogP contribution is 2.20. The number of nitrogens with zero attached hydrogens (tertiary/aromatic N) is 4. The number of hydrogen-bond acceptors (Lipinski definition) is 6. The van der Waals surface area contributed by atoms with Gasteiger partial charge in [-0.1, -0.05) is 6.07 Å². The van der Waals surface area contributed by atoms with Gasteiger partial charge in [0.05, 0.1) is 10.9 Å². The third kappa shape index (κ3) is 4.63. The van der Waals surface area contributed by atoms with Gasteiger partial charge in [-0.05, 0) is 56.7 Å². The van der Waals surface area contributed by atoms with Crippen LogP contribution in [0.4, 0.5) is 5.69 Å². The first-order valence-electron chi connectivity index (χ1n) is 11.1. The van der Waals surface area contributed by atoms with Crippen LogP contribution in [0.1, 0.15) is 35.3 Å².